The van der Waals surface area contributed by atoms with E-state index in [4.69, 9.17) is 19.4 Å². The maximum Gasteiger partial charge on any atom is 0.149 e. The Balaban J connectivity index is 0.920. The maximum atomic E-state index is 12.0. The number of hydrogen-bond acceptors (Lipinski definition) is 6. The smallest absolute Gasteiger partial charge is 0.149 e. The number of aromatic nitrogens is 4. The third-order valence-electron chi connectivity index (χ3n) is 11.3. The molecule has 0 aliphatic heterocycles. The number of para-hydroxylation sites is 4. The van der Waals surface area contributed by atoms with Crippen molar-refractivity contribution in [3.63, 3.8) is 0 Å². The molecule has 0 amide bonds. The van der Waals surface area contributed by atoms with Gasteiger partial charge in [0.15, 0.2) is 0 Å². The summed E-state index contributed by atoms with van der Waals surface area (Å²) >= 11 is 0. The summed E-state index contributed by atoms with van der Waals surface area (Å²) < 4.78 is 17.2. The van der Waals surface area contributed by atoms with Crippen LogP contribution >= 0.6 is 0 Å². The summed E-state index contributed by atoms with van der Waals surface area (Å²) in [6, 6.07) is 48.4. The highest BCUT2D eigenvalue weighted by Crippen LogP contribution is 2.44. The fraction of sp³-hybridized carbons (Fsp3) is 0.115. The molecule has 60 heavy (non-hydrogen) atoms. The lowest BCUT2D eigenvalue weighted by Gasteiger charge is -2.20. The number of ether oxygens (including phenoxy) is 2. The van der Waals surface area contributed by atoms with E-state index in [-0.39, 0.29) is 17.6 Å². The Morgan fingerprint density at radius 2 is 0.917 bits per heavy atom. The van der Waals surface area contributed by atoms with Crippen LogP contribution in [-0.2, 0) is 0 Å². The van der Waals surface area contributed by atoms with E-state index >= 15 is 0 Å². The Kier molecular flexibility index (Phi) is 9.17. The monoisotopic (exact) mass is 786 g/mol. The van der Waals surface area contributed by atoms with Gasteiger partial charge in [0.25, 0.3) is 0 Å². The zero-order chi connectivity index (χ0) is 40.9. The first-order valence-corrected chi connectivity index (χ1v) is 20.2. The predicted octanol–water partition coefficient (Wildman–Crippen LogP) is 12.3. The lowest BCUT2D eigenvalue weighted by molar-refractivity contribution is 0.177. The minimum Gasteiger partial charge on any atom is -0.505 e. The van der Waals surface area contributed by atoms with Crippen molar-refractivity contribution in [3.8, 4) is 56.9 Å². The molecule has 2 N–H and O–H groups in total. The van der Waals surface area contributed by atoms with E-state index < -0.39 is 0 Å². The Labute approximate surface area is 347 Å². The highest BCUT2D eigenvalue weighted by Gasteiger charge is 2.23. The summed E-state index contributed by atoms with van der Waals surface area (Å²) in [6.45, 7) is 6.37. The molecule has 4 aromatic heterocycles. The van der Waals surface area contributed by atoms with Crippen LogP contribution in [0.2, 0.25) is 0 Å². The van der Waals surface area contributed by atoms with Crippen LogP contribution in [0.5, 0.6) is 23.0 Å². The number of rotatable bonds is 10. The number of aromatic hydroxyl groups is 2. The number of phenols is 2. The van der Waals surface area contributed by atoms with Crippen molar-refractivity contribution in [2.75, 3.05) is 6.61 Å². The zero-order valence-electron chi connectivity index (χ0n) is 33.5. The molecule has 6 aromatic carbocycles. The molecular weight excluding hydrogens is 745 g/mol. The predicted molar refractivity (Wildman–Crippen MR) is 241 cm³/mol. The number of aryl methyl sites for hydroxylation is 2. The van der Waals surface area contributed by atoms with E-state index in [0.29, 0.717) is 58.4 Å². The molecule has 0 saturated heterocycles. The number of benzene rings is 6. The second-order valence-corrected chi connectivity index (χ2v) is 15.4. The van der Waals surface area contributed by atoms with Crippen molar-refractivity contribution >= 4 is 43.6 Å². The molecular formula is C52H42N4O4. The standard InChI is InChI=1S/C52H42N4O4/c1-32-28-39(51(57)45(30-32)55-41-18-8-4-14-35(41)36-15-5-9-19-42(36)55)49-47(22-12-25-53-49)59-27-24-34(3)60-48-23-13-26-54-50(48)40-29-33(2)31-46(52(40)58)56-43-20-10-6-16-37(43)38-17-7-11-21-44(38)56/h4-23,25-26,28-31,34,57-58H,24,27H2,1-3H3/t34-/m0/s1. The molecule has 0 radical (unpaired) electrons. The largest absolute Gasteiger partial charge is 0.505 e. The molecule has 0 unspecified atom stereocenters. The Hall–Kier alpha value is -7.58. The van der Waals surface area contributed by atoms with E-state index in [0.717, 1.165) is 54.7 Å². The average Bonchev–Trinajstić information content (AvgIpc) is 3.78. The van der Waals surface area contributed by atoms with Crippen LogP contribution in [0.1, 0.15) is 24.5 Å². The number of hydrogen-bond donors (Lipinski definition) is 2. The third kappa shape index (κ3) is 6.25. The summed E-state index contributed by atoms with van der Waals surface area (Å²) in [4.78, 5) is 9.46. The minimum atomic E-state index is -0.272. The fourth-order valence-corrected chi connectivity index (χ4v) is 8.59. The molecule has 0 aliphatic carbocycles. The van der Waals surface area contributed by atoms with E-state index in [1.54, 1.807) is 12.4 Å². The van der Waals surface area contributed by atoms with Crippen LogP contribution in [0.4, 0.5) is 0 Å². The van der Waals surface area contributed by atoms with Crippen molar-refractivity contribution in [1.82, 2.24) is 19.1 Å². The molecule has 8 heteroatoms. The summed E-state index contributed by atoms with van der Waals surface area (Å²) in [6.07, 6.45) is 3.70. The highest BCUT2D eigenvalue weighted by atomic mass is 16.5. The molecule has 0 saturated carbocycles. The van der Waals surface area contributed by atoms with Gasteiger partial charge in [-0.05, 0) is 105 Å². The van der Waals surface area contributed by atoms with Gasteiger partial charge in [0.1, 0.15) is 34.4 Å². The van der Waals surface area contributed by atoms with Gasteiger partial charge in [0.2, 0.25) is 0 Å². The van der Waals surface area contributed by atoms with Crippen LogP contribution in [0.15, 0.2) is 158 Å². The SMILES string of the molecule is Cc1cc(-c2ncccc2OCC[C@H](C)Oc2cccnc2-c2cc(C)cc(-n3c4ccccc4c4ccccc43)c2O)c(O)c(-n2c3ccccc3c3ccccc32)c1. The van der Waals surface area contributed by atoms with Gasteiger partial charge in [0.05, 0.1) is 46.2 Å². The van der Waals surface area contributed by atoms with Crippen molar-refractivity contribution in [1.29, 1.82) is 0 Å². The molecule has 10 rings (SSSR count). The molecule has 1 atom stereocenters. The number of fused-ring (bicyclic) bond motifs is 6. The zero-order valence-corrected chi connectivity index (χ0v) is 33.5. The number of pyridine rings is 2. The lowest BCUT2D eigenvalue weighted by atomic mass is 10.0. The van der Waals surface area contributed by atoms with Gasteiger partial charge in [-0.25, -0.2) is 0 Å². The van der Waals surface area contributed by atoms with Crippen molar-refractivity contribution in [2.45, 2.75) is 33.3 Å². The Morgan fingerprint density at radius 1 is 0.517 bits per heavy atom. The Bertz CT molecular complexity index is 3150. The summed E-state index contributed by atoms with van der Waals surface area (Å²) in [7, 11) is 0. The van der Waals surface area contributed by atoms with Gasteiger partial charge in [-0.15, -0.1) is 0 Å². The first-order valence-electron chi connectivity index (χ1n) is 20.2. The van der Waals surface area contributed by atoms with Gasteiger partial charge in [-0.1, -0.05) is 72.8 Å². The molecule has 0 bridgehead atoms. The van der Waals surface area contributed by atoms with Crippen LogP contribution in [0, 0.1) is 13.8 Å². The van der Waals surface area contributed by atoms with E-state index in [1.807, 2.05) is 118 Å². The van der Waals surface area contributed by atoms with Crippen molar-refractivity contribution in [3.05, 3.63) is 169 Å². The van der Waals surface area contributed by atoms with Crippen LogP contribution in [0.25, 0.3) is 77.5 Å². The first kappa shape index (κ1) is 36.7. The molecule has 0 aliphatic rings. The van der Waals surface area contributed by atoms with E-state index in [1.165, 1.54) is 0 Å². The van der Waals surface area contributed by atoms with Crippen LogP contribution < -0.4 is 9.47 Å². The molecule has 8 nitrogen and oxygen atoms in total. The average molecular weight is 787 g/mol. The molecule has 4 heterocycles. The summed E-state index contributed by atoms with van der Waals surface area (Å²) in [5.74, 6) is 1.36. The molecule has 294 valence electrons. The molecule has 0 fully saturated rings. The van der Waals surface area contributed by atoms with Crippen LogP contribution in [0.3, 0.4) is 0 Å². The topological polar surface area (TPSA) is 94.6 Å². The second-order valence-electron chi connectivity index (χ2n) is 15.4. The van der Waals surface area contributed by atoms with Crippen molar-refractivity contribution in [2.24, 2.45) is 0 Å². The Morgan fingerprint density at radius 3 is 1.37 bits per heavy atom. The second kappa shape index (κ2) is 15.0. The summed E-state index contributed by atoms with van der Waals surface area (Å²) in [5.41, 5.74) is 9.63. The fourth-order valence-electron chi connectivity index (χ4n) is 8.59. The van der Waals surface area contributed by atoms with Crippen LogP contribution in [-0.4, -0.2) is 42.0 Å². The quantitative estimate of drug-likeness (QED) is 0.143. The van der Waals surface area contributed by atoms with Gasteiger partial charge >= 0.3 is 0 Å². The minimum absolute atomic E-state index is 0.122. The third-order valence-corrected chi connectivity index (χ3v) is 11.3. The first-order chi connectivity index (χ1) is 29.4. The lowest BCUT2D eigenvalue weighted by Crippen LogP contribution is -2.16. The number of nitrogens with zero attached hydrogens (tertiary/aromatic N) is 4. The van der Waals surface area contributed by atoms with E-state index in [2.05, 4.69) is 57.7 Å². The maximum absolute atomic E-state index is 12.0. The summed E-state index contributed by atoms with van der Waals surface area (Å²) in [5, 5.41) is 28.5. The molecule has 0 spiro atoms. The normalized spacial score (nSPS) is 12.1. The highest BCUT2D eigenvalue weighted by molar-refractivity contribution is 6.10. The van der Waals surface area contributed by atoms with Crippen molar-refractivity contribution < 1.29 is 19.7 Å². The molecule has 10 aromatic rings. The van der Waals surface area contributed by atoms with Gasteiger partial charge < -0.3 is 28.8 Å². The van der Waals surface area contributed by atoms with Gasteiger partial charge in [-0.3, -0.25) is 9.97 Å². The van der Waals surface area contributed by atoms with Gasteiger partial charge in [-0.2, -0.15) is 0 Å². The van der Waals surface area contributed by atoms with E-state index in [9.17, 15) is 10.2 Å². The number of phenolic OH excluding ortho intramolecular Hbond substituents is 2. The van der Waals surface area contributed by atoms with Gasteiger partial charge in [0, 0.05) is 51.5 Å².